The predicted octanol–water partition coefficient (Wildman–Crippen LogP) is 6.16. The van der Waals surface area contributed by atoms with Crippen molar-refractivity contribution in [3.05, 3.63) is 35.9 Å². The lowest BCUT2D eigenvalue weighted by Gasteiger charge is -2.45. The van der Waals surface area contributed by atoms with E-state index in [0.29, 0.717) is 13.0 Å². The van der Waals surface area contributed by atoms with E-state index >= 15 is 0 Å². The molecule has 0 radical (unpaired) electrons. The summed E-state index contributed by atoms with van der Waals surface area (Å²) in [4.78, 5) is 15.0. The lowest BCUT2D eigenvalue weighted by Crippen LogP contribution is -2.51. The maximum absolute atomic E-state index is 13.3. The van der Waals surface area contributed by atoms with Crippen LogP contribution in [-0.4, -0.2) is 61.9 Å². The summed E-state index contributed by atoms with van der Waals surface area (Å²) < 4.78 is 19.0. The number of aliphatic hydroxyl groups excluding tert-OH is 1. The molecule has 1 aromatic rings. The van der Waals surface area contributed by atoms with E-state index < -0.39 is 20.2 Å². The summed E-state index contributed by atoms with van der Waals surface area (Å²) in [5.74, 6) is -0.678. The third-order valence-corrected chi connectivity index (χ3v) is 12.7. The van der Waals surface area contributed by atoms with Crippen molar-refractivity contribution in [2.45, 2.75) is 117 Å². The molecule has 0 spiro atoms. The first-order valence-corrected chi connectivity index (χ1v) is 16.4. The Morgan fingerprint density at radius 3 is 2.31 bits per heavy atom. The van der Waals surface area contributed by atoms with Gasteiger partial charge in [0.2, 0.25) is 5.91 Å². The molecular formula is C29H51NO5Si. The second kappa shape index (κ2) is 12.1. The van der Waals surface area contributed by atoms with Crippen LogP contribution < -0.4 is 0 Å². The van der Waals surface area contributed by atoms with Gasteiger partial charge >= 0.3 is 0 Å². The summed E-state index contributed by atoms with van der Waals surface area (Å²) in [5.41, 5.74) is 0.814. The van der Waals surface area contributed by atoms with Crippen LogP contribution in [0.25, 0.3) is 0 Å². The predicted molar refractivity (Wildman–Crippen MR) is 148 cm³/mol. The number of amides is 1. The molecular weight excluding hydrogens is 470 g/mol. The van der Waals surface area contributed by atoms with E-state index in [1.807, 2.05) is 58.0 Å². The standard InChI is InChI=1S/C29H51NO5Si/c1-20(17-21(2)27(32)30(9)22(3)26(31)23-15-13-12-14-16-23)25-18-24(34-29(7,8)35-25)19-33-36(10,11)28(4,5)6/h12-16,20-22,24-26,31H,17-19H2,1-11H3/t20-,21-,22+,24+,25+,26-/m1/s1. The first kappa shape index (κ1) is 31.0. The van der Waals surface area contributed by atoms with E-state index in [1.54, 1.807) is 11.9 Å². The van der Waals surface area contributed by atoms with Crippen LogP contribution in [0.5, 0.6) is 0 Å². The number of hydrogen-bond acceptors (Lipinski definition) is 5. The number of carbonyl (C=O) groups excluding carboxylic acids is 1. The monoisotopic (exact) mass is 521 g/mol. The summed E-state index contributed by atoms with van der Waals surface area (Å²) in [7, 11) is -0.0940. The van der Waals surface area contributed by atoms with Crippen LogP contribution in [0.2, 0.25) is 18.1 Å². The number of nitrogens with zero attached hydrogens (tertiary/aromatic N) is 1. The Balaban J connectivity index is 1.99. The number of rotatable bonds is 10. The summed E-state index contributed by atoms with van der Waals surface area (Å²) in [6, 6.07) is 9.17. The van der Waals surface area contributed by atoms with Gasteiger partial charge < -0.3 is 23.9 Å². The average Bonchev–Trinajstić information content (AvgIpc) is 2.79. The van der Waals surface area contributed by atoms with Crippen LogP contribution in [-0.2, 0) is 18.7 Å². The summed E-state index contributed by atoms with van der Waals surface area (Å²) in [6.45, 7) is 21.8. The Morgan fingerprint density at radius 2 is 1.75 bits per heavy atom. The molecule has 6 atom stereocenters. The molecule has 2 rings (SSSR count). The van der Waals surface area contributed by atoms with Crippen LogP contribution in [0.1, 0.15) is 79.9 Å². The highest BCUT2D eigenvalue weighted by molar-refractivity contribution is 6.74. The number of likely N-dealkylation sites (N-methyl/N-ethyl adjacent to an activating group) is 1. The molecule has 7 heteroatoms. The summed E-state index contributed by atoms with van der Waals surface area (Å²) in [5, 5.41) is 10.9. The van der Waals surface area contributed by atoms with E-state index in [4.69, 9.17) is 13.9 Å². The molecule has 1 N–H and O–H groups in total. The molecule has 1 amide bonds. The van der Waals surface area contributed by atoms with Crippen molar-refractivity contribution in [2.24, 2.45) is 11.8 Å². The molecule has 0 unspecified atom stereocenters. The molecule has 0 aliphatic carbocycles. The Kier molecular flexibility index (Phi) is 10.4. The highest BCUT2D eigenvalue weighted by Gasteiger charge is 2.42. The fourth-order valence-electron chi connectivity index (χ4n) is 4.62. The highest BCUT2D eigenvalue weighted by atomic mass is 28.4. The smallest absolute Gasteiger partial charge is 0.225 e. The van der Waals surface area contributed by atoms with Crippen molar-refractivity contribution >= 4 is 14.2 Å². The SMILES string of the molecule is C[C@H](C[C@@H](C)[C@@H]1C[C@@H](CO[Si](C)(C)C(C)(C)C)OC(C)(C)O1)C(=O)N(C)[C@@H](C)[C@@H](O)c1ccccc1. The van der Waals surface area contributed by atoms with Gasteiger partial charge in [0.25, 0.3) is 0 Å². The zero-order valence-electron chi connectivity index (χ0n) is 24.5. The molecule has 1 aromatic carbocycles. The van der Waals surface area contributed by atoms with Crippen molar-refractivity contribution in [2.75, 3.05) is 13.7 Å². The van der Waals surface area contributed by atoms with Gasteiger partial charge in [0.1, 0.15) is 0 Å². The summed E-state index contributed by atoms with van der Waals surface area (Å²) in [6.07, 6.45) is 0.665. The van der Waals surface area contributed by atoms with Crippen molar-refractivity contribution in [3.8, 4) is 0 Å². The van der Waals surface area contributed by atoms with Gasteiger partial charge in [0, 0.05) is 19.4 Å². The third-order valence-electron chi connectivity index (χ3n) is 8.16. The normalized spacial score (nSPS) is 24.0. The van der Waals surface area contributed by atoms with Gasteiger partial charge in [-0.1, -0.05) is 65.0 Å². The van der Waals surface area contributed by atoms with E-state index in [1.165, 1.54) is 0 Å². The number of benzene rings is 1. The largest absolute Gasteiger partial charge is 0.414 e. The van der Waals surface area contributed by atoms with Crippen molar-refractivity contribution in [1.29, 1.82) is 0 Å². The minimum atomic E-state index is -1.87. The Hall–Kier alpha value is -1.25. The van der Waals surface area contributed by atoms with Crippen LogP contribution in [0, 0.1) is 11.8 Å². The third kappa shape index (κ3) is 8.12. The molecule has 1 aliphatic heterocycles. The number of hydrogen-bond donors (Lipinski definition) is 1. The first-order valence-electron chi connectivity index (χ1n) is 13.4. The Bertz CT molecular complexity index is 838. The lowest BCUT2D eigenvalue weighted by molar-refractivity contribution is -0.311. The van der Waals surface area contributed by atoms with E-state index in [-0.39, 0.29) is 41.0 Å². The topological polar surface area (TPSA) is 68.2 Å². The number of carbonyl (C=O) groups is 1. The van der Waals surface area contributed by atoms with Gasteiger partial charge in [-0.3, -0.25) is 4.79 Å². The van der Waals surface area contributed by atoms with Crippen LogP contribution in [0.4, 0.5) is 0 Å². The molecule has 1 fully saturated rings. The molecule has 1 heterocycles. The number of aliphatic hydroxyl groups is 1. The maximum Gasteiger partial charge on any atom is 0.225 e. The van der Waals surface area contributed by atoms with Crippen LogP contribution >= 0.6 is 0 Å². The highest BCUT2D eigenvalue weighted by Crippen LogP contribution is 2.38. The van der Waals surface area contributed by atoms with Gasteiger partial charge in [-0.05, 0) is 56.8 Å². The van der Waals surface area contributed by atoms with Gasteiger partial charge in [-0.2, -0.15) is 0 Å². The maximum atomic E-state index is 13.3. The van der Waals surface area contributed by atoms with Crippen molar-refractivity contribution in [1.82, 2.24) is 4.90 Å². The van der Waals surface area contributed by atoms with Gasteiger partial charge in [-0.15, -0.1) is 0 Å². The van der Waals surface area contributed by atoms with E-state index in [0.717, 1.165) is 12.0 Å². The molecule has 0 bridgehead atoms. The van der Waals surface area contributed by atoms with Gasteiger partial charge in [-0.25, -0.2) is 0 Å². The fraction of sp³-hybridized carbons (Fsp3) is 0.759. The molecule has 0 saturated carbocycles. The second-order valence-corrected chi connectivity index (χ2v) is 17.6. The van der Waals surface area contributed by atoms with Crippen LogP contribution in [0.15, 0.2) is 30.3 Å². The molecule has 6 nitrogen and oxygen atoms in total. The fourth-order valence-corrected chi connectivity index (χ4v) is 5.65. The minimum Gasteiger partial charge on any atom is -0.414 e. The molecule has 36 heavy (non-hydrogen) atoms. The number of ether oxygens (including phenoxy) is 2. The molecule has 0 aromatic heterocycles. The van der Waals surface area contributed by atoms with Crippen molar-refractivity contribution < 1.29 is 23.8 Å². The zero-order chi connectivity index (χ0) is 27.5. The van der Waals surface area contributed by atoms with Gasteiger partial charge in [0.05, 0.1) is 31.0 Å². The zero-order valence-corrected chi connectivity index (χ0v) is 25.5. The van der Waals surface area contributed by atoms with Crippen LogP contribution in [0.3, 0.4) is 0 Å². The quantitative estimate of drug-likeness (QED) is 0.373. The molecule has 206 valence electrons. The van der Waals surface area contributed by atoms with Crippen molar-refractivity contribution in [3.63, 3.8) is 0 Å². The van der Waals surface area contributed by atoms with E-state index in [9.17, 15) is 9.90 Å². The van der Waals surface area contributed by atoms with Gasteiger partial charge in [0.15, 0.2) is 14.1 Å². The lowest BCUT2D eigenvalue weighted by atomic mass is 9.88. The summed E-state index contributed by atoms with van der Waals surface area (Å²) >= 11 is 0. The average molecular weight is 522 g/mol. The first-order chi connectivity index (χ1) is 16.4. The molecule has 1 aliphatic rings. The second-order valence-electron chi connectivity index (χ2n) is 12.8. The Labute approximate surface area is 220 Å². The minimum absolute atomic E-state index is 0.0188. The molecule has 1 saturated heterocycles. The van der Waals surface area contributed by atoms with E-state index in [2.05, 4.69) is 40.8 Å². The Morgan fingerprint density at radius 1 is 1.17 bits per heavy atom.